The molecule has 4 unspecified atom stereocenters. The predicted octanol–water partition coefficient (Wildman–Crippen LogP) is 4.47. The molecule has 2 rings (SSSR count). The van der Waals surface area contributed by atoms with Gasteiger partial charge in [-0.25, -0.2) is 0 Å². The first kappa shape index (κ1) is 16.5. The molecule has 1 aliphatic carbocycles. The van der Waals surface area contributed by atoms with E-state index in [2.05, 4.69) is 52.0 Å². The number of aryl methyl sites for hydroxylation is 1. The molecule has 0 radical (unpaired) electrons. The van der Waals surface area contributed by atoms with Gasteiger partial charge in [-0.05, 0) is 43.1 Å². The van der Waals surface area contributed by atoms with Crippen LogP contribution in [-0.4, -0.2) is 12.6 Å². The summed E-state index contributed by atoms with van der Waals surface area (Å²) in [5.74, 6) is 2.11. The lowest BCUT2D eigenvalue weighted by molar-refractivity contribution is -0.0786. The van der Waals surface area contributed by atoms with Crippen LogP contribution in [0.1, 0.15) is 57.3 Å². The van der Waals surface area contributed by atoms with Gasteiger partial charge in [-0.2, -0.15) is 0 Å². The van der Waals surface area contributed by atoms with Gasteiger partial charge in [0, 0.05) is 6.54 Å². The molecule has 1 aromatic carbocycles. The maximum absolute atomic E-state index is 6.50. The zero-order valence-electron chi connectivity index (χ0n) is 14.0. The van der Waals surface area contributed by atoms with Gasteiger partial charge >= 0.3 is 0 Å². The first-order valence-electron chi connectivity index (χ1n) is 8.43. The van der Waals surface area contributed by atoms with Crippen LogP contribution < -0.4 is 5.73 Å². The van der Waals surface area contributed by atoms with Crippen molar-refractivity contribution >= 4 is 0 Å². The van der Waals surface area contributed by atoms with Gasteiger partial charge in [0.05, 0.1) is 12.2 Å². The summed E-state index contributed by atoms with van der Waals surface area (Å²) in [4.78, 5) is 0. The standard InChI is InChI=1S/C19H31NO/c1-13(2)17-9-8-15(4)11-18(17)21-19(12-20)16-7-5-6-14(3)10-16/h5-7,10,13,15,17-19H,8-9,11-12,20H2,1-4H3. The van der Waals surface area contributed by atoms with E-state index in [0.717, 1.165) is 5.92 Å². The number of hydrogen-bond acceptors (Lipinski definition) is 2. The van der Waals surface area contributed by atoms with E-state index in [4.69, 9.17) is 10.5 Å². The lowest BCUT2D eigenvalue weighted by Gasteiger charge is -2.39. The smallest absolute Gasteiger partial charge is 0.0951 e. The third-order valence-electron chi connectivity index (χ3n) is 4.93. The van der Waals surface area contributed by atoms with Crippen molar-refractivity contribution < 1.29 is 4.74 Å². The van der Waals surface area contributed by atoms with Crippen LogP contribution >= 0.6 is 0 Å². The normalized spacial score (nSPS) is 27.8. The number of benzene rings is 1. The Balaban J connectivity index is 2.11. The quantitative estimate of drug-likeness (QED) is 0.868. The van der Waals surface area contributed by atoms with Gasteiger partial charge in [0.1, 0.15) is 0 Å². The second-order valence-corrected chi connectivity index (χ2v) is 7.14. The van der Waals surface area contributed by atoms with Gasteiger partial charge in [-0.1, -0.05) is 57.0 Å². The fourth-order valence-electron chi connectivity index (χ4n) is 3.62. The van der Waals surface area contributed by atoms with Crippen LogP contribution in [-0.2, 0) is 4.74 Å². The van der Waals surface area contributed by atoms with E-state index in [1.807, 2.05) is 0 Å². The fraction of sp³-hybridized carbons (Fsp3) is 0.684. The van der Waals surface area contributed by atoms with E-state index in [0.29, 0.717) is 24.5 Å². The Morgan fingerprint density at radius 2 is 2.05 bits per heavy atom. The third-order valence-corrected chi connectivity index (χ3v) is 4.93. The fourth-order valence-corrected chi connectivity index (χ4v) is 3.62. The van der Waals surface area contributed by atoms with E-state index < -0.39 is 0 Å². The molecule has 1 aliphatic rings. The maximum Gasteiger partial charge on any atom is 0.0951 e. The second-order valence-electron chi connectivity index (χ2n) is 7.14. The van der Waals surface area contributed by atoms with Gasteiger partial charge in [0.15, 0.2) is 0 Å². The molecule has 1 aromatic rings. The molecule has 0 amide bonds. The molecular formula is C19H31NO. The van der Waals surface area contributed by atoms with Crippen LogP contribution in [0.15, 0.2) is 24.3 Å². The molecule has 2 N–H and O–H groups in total. The van der Waals surface area contributed by atoms with Gasteiger partial charge in [-0.15, -0.1) is 0 Å². The van der Waals surface area contributed by atoms with Gasteiger partial charge in [0.2, 0.25) is 0 Å². The van der Waals surface area contributed by atoms with Crippen molar-refractivity contribution in [2.24, 2.45) is 23.5 Å². The number of hydrogen-bond donors (Lipinski definition) is 1. The van der Waals surface area contributed by atoms with E-state index in [-0.39, 0.29) is 6.10 Å². The third kappa shape index (κ3) is 4.31. The zero-order valence-corrected chi connectivity index (χ0v) is 14.0. The molecule has 0 saturated heterocycles. The van der Waals surface area contributed by atoms with E-state index in [1.54, 1.807) is 0 Å². The molecule has 0 aliphatic heterocycles. The minimum atomic E-state index is 0.0291. The molecule has 0 spiro atoms. The van der Waals surface area contributed by atoms with Crippen LogP contribution in [0.4, 0.5) is 0 Å². The lowest BCUT2D eigenvalue weighted by Crippen LogP contribution is -2.36. The highest BCUT2D eigenvalue weighted by atomic mass is 16.5. The van der Waals surface area contributed by atoms with Crippen LogP contribution in [0.3, 0.4) is 0 Å². The first-order valence-corrected chi connectivity index (χ1v) is 8.43. The minimum Gasteiger partial charge on any atom is -0.369 e. The summed E-state index contributed by atoms with van der Waals surface area (Å²) in [7, 11) is 0. The van der Waals surface area contributed by atoms with E-state index in [1.165, 1.54) is 30.4 Å². The summed E-state index contributed by atoms with van der Waals surface area (Å²) in [6.45, 7) is 9.66. The lowest BCUT2D eigenvalue weighted by atomic mass is 9.75. The van der Waals surface area contributed by atoms with E-state index in [9.17, 15) is 0 Å². The van der Waals surface area contributed by atoms with Crippen molar-refractivity contribution in [3.8, 4) is 0 Å². The van der Waals surface area contributed by atoms with Crippen LogP contribution in [0.2, 0.25) is 0 Å². The zero-order chi connectivity index (χ0) is 15.4. The average molecular weight is 289 g/mol. The highest BCUT2D eigenvalue weighted by Gasteiger charge is 2.33. The molecule has 4 atom stereocenters. The Morgan fingerprint density at radius 1 is 1.29 bits per heavy atom. The highest BCUT2D eigenvalue weighted by Crippen LogP contribution is 2.37. The molecule has 2 nitrogen and oxygen atoms in total. The Morgan fingerprint density at radius 3 is 2.67 bits per heavy atom. The van der Waals surface area contributed by atoms with Crippen molar-refractivity contribution in [2.45, 2.75) is 59.2 Å². The molecule has 1 fully saturated rings. The number of rotatable bonds is 5. The van der Waals surface area contributed by atoms with Crippen LogP contribution in [0.5, 0.6) is 0 Å². The molecule has 0 aromatic heterocycles. The monoisotopic (exact) mass is 289 g/mol. The summed E-state index contributed by atoms with van der Waals surface area (Å²) in [5, 5.41) is 0. The largest absolute Gasteiger partial charge is 0.369 e. The average Bonchev–Trinajstić information content (AvgIpc) is 2.44. The van der Waals surface area contributed by atoms with Gasteiger partial charge in [-0.3, -0.25) is 0 Å². The molecule has 0 heterocycles. The van der Waals surface area contributed by atoms with Crippen LogP contribution in [0, 0.1) is 24.7 Å². The van der Waals surface area contributed by atoms with Crippen molar-refractivity contribution in [1.82, 2.24) is 0 Å². The summed E-state index contributed by atoms with van der Waals surface area (Å²) in [5.41, 5.74) is 8.49. The van der Waals surface area contributed by atoms with Gasteiger partial charge < -0.3 is 10.5 Å². The summed E-state index contributed by atoms with van der Waals surface area (Å²) in [6.07, 6.45) is 4.17. The molecule has 21 heavy (non-hydrogen) atoms. The number of nitrogens with two attached hydrogens (primary N) is 1. The highest BCUT2D eigenvalue weighted by molar-refractivity contribution is 5.24. The first-order chi connectivity index (χ1) is 10.0. The predicted molar refractivity (Wildman–Crippen MR) is 89.2 cm³/mol. The second kappa shape index (κ2) is 7.42. The SMILES string of the molecule is Cc1cccc(C(CN)OC2CC(C)CCC2C(C)C)c1. The van der Waals surface area contributed by atoms with Crippen molar-refractivity contribution in [1.29, 1.82) is 0 Å². The molecule has 1 saturated carbocycles. The Kier molecular flexibility index (Phi) is 5.83. The van der Waals surface area contributed by atoms with Gasteiger partial charge in [0.25, 0.3) is 0 Å². The topological polar surface area (TPSA) is 35.2 Å². The van der Waals surface area contributed by atoms with Crippen molar-refractivity contribution in [3.63, 3.8) is 0 Å². The Hall–Kier alpha value is -0.860. The van der Waals surface area contributed by atoms with Crippen molar-refractivity contribution in [2.75, 3.05) is 6.54 Å². The Bertz CT molecular complexity index is 443. The number of ether oxygens (including phenoxy) is 1. The maximum atomic E-state index is 6.50. The minimum absolute atomic E-state index is 0.0291. The molecule has 0 bridgehead atoms. The van der Waals surface area contributed by atoms with E-state index >= 15 is 0 Å². The van der Waals surface area contributed by atoms with Crippen LogP contribution in [0.25, 0.3) is 0 Å². The summed E-state index contributed by atoms with van der Waals surface area (Å²) in [6, 6.07) is 8.56. The molecule has 118 valence electrons. The molecule has 2 heteroatoms. The summed E-state index contributed by atoms with van der Waals surface area (Å²) < 4.78 is 6.50. The van der Waals surface area contributed by atoms with Crippen molar-refractivity contribution in [3.05, 3.63) is 35.4 Å². The summed E-state index contributed by atoms with van der Waals surface area (Å²) >= 11 is 0. The Labute approximate surface area is 130 Å². The molecular weight excluding hydrogens is 258 g/mol.